The summed E-state index contributed by atoms with van der Waals surface area (Å²) in [5, 5.41) is 0. The van der Waals surface area contributed by atoms with Crippen molar-refractivity contribution in [3.63, 3.8) is 0 Å². The minimum absolute atomic E-state index is 0.00617. The number of ether oxygens (including phenoxy) is 6. The van der Waals surface area contributed by atoms with Crippen molar-refractivity contribution in [1.29, 1.82) is 0 Å². The number of hydrogen-bond donors (Lipinski definition) is 0. The highest BCUT2D eigenvalue weighted by Crippen LogP contribution is 2.33. The highest BCUT2D eigenvalue weighted by molar-refractivity contribution is 4.89. The van der Waals surface area contributed by atoms with Crippen LogP contribution in [0.3, 0.4) is 0 Å². The van der Waals surface area contributed by atoms with E-state index < -0.39 is 5.79 Å². The van der Waals surface area contributed by atoms with E-state index in [0.29, 0.717) is 0 Å². The van der Waals surface area contributed by atoms with Gasteiger partial charge in [0.2, 0.25) is 0 Å². The molecule has 3 fully saturated rings. The van der Waals surface area contributed by atoms with Crippen molar-refractivity contribution in [1.82, 2.24) is 0 Å². The summed E-state index contributed by atoms with van der Waals surface area (Å²) in [5.41, 5.74) is 0. The normalized spacial score (nSPS) is 30.5. The first-order valence-corrected chi connectivity index (χ1v) is 13.2. The third kappa shape index (κ3) is 11.0. The lowest BCUT2D eigenvalue weighted by atomic mass is 10.0. The molecule has 0 aromatic carbocycles. The molecule has 0 aliphatic carbocycles. The Balaban J connectivity index is 1.24. The first kappa shape index (κ1) is 26.8. The molecule has 6 heteroatoms. The van der Waals surface area contributed by atoms with Crippen LogP contribution in [-0.2, 0) is 28.4 Å². The van der Waals surface area contributed by atoms with E-state index in [0.717, 1.165) is 90.6 Å². The Hall–Kier alpha value is -0.760. The van der Waals surface area contributed by atoms with Gasteiger partial charge in [0.05, 0.1) is 25.4 Å². The van der Waals surface area contributed by atoms with E-state index in [2.05, 4.69) is 24.3 Å². The molecule has 3 aliphatic rings. The van der Waals surface area contributed by atoms with E-state index in [1.807, 2.05) is 13.8 Å². The summed E-state index contributed by atoms with van der Waals surface area (Å²) in [7, 11) is 0. The summed E-state index contributed by atoms with van der Waals surface area (Å²) < 4.78 is 35.1. The monoisotopic (exact) mass is 466 g/mol. The SMILES string of the molecule is CC1(C)O[C@@H](CC/C=C/CCOC2CCCCO2)[C@H](CC/C=C/CCOC2CCCCO2)O1. The predicted octanol–water partition coefficient (Wildman–Crippen LogP) is 6.05. The van der Waals surface area contributed by atoms with Gasteiger partial charge in [-0.1, -0.05) is 24.3 Å². The Labute approximate surface area is 201 Å². The minimum Gasteiger partial charge on any atom is -0.353 e. The van der Waals surface area contributed by atoms with Crippen LogP contribution in [0.15, 0.2) is 24.3 Å². The van der Waals surface area contributed by atoms with Crippen molar-refractivity contribution in [3.05, 3.63) is 24.3 Å². The molecule has 2 unspecified atom stereocenters. The van der Waals surface area contributed by atoms with Gasteiger partial charge >= 0.3 is 0 Å². The van der Waals surface area contributed by atoms with Gasteiger partial charge in [-0.3, -0.25) is 0 Å². The van der Waals surface area contributed by atoms with Gasteiger partial charge in [-0.05, 0) is 90.9 Å². The zero-order chi connectivity index (χ0) is 23.2. The molecule has 3 rings (SSSR count). The van der Waals surface area contributed by atoms with Crippen LogP contribution in [0.25, 0.3) is 0 Å². The molecular formula is C27H46O6. The van der Waals surface area contributed by atoms with Crippen LogP contribution >= 0.6 is 0 Å². The maximum atomic E-state index is 6.18. The molecule has 0 amide bonds. The van der Waals surface area contributed by atoms with E-state index >= 15 is 0 Å². The smallest absolute Gasteiger partial charge is 0.163 e. The second-order valence-corrected chi connectivity index (χ2v) is 9.72. The Kier molecular flexibility index (Phi) is 12.4. The quantitative estimate of drug-likeness (QED) is 0.230. The van der Waals surface area contributed by atoms with Crippen molar-refractivity contribution < 1.29 is 28.4 Å². The molecule has 3 aliphatic heterocycles. The van der Waals surface area contributed by atoms with Gasteiger partial charge in [-0.25, -0.2) is 0 Å². The van der Waals surface area contributed by atoms with Crippen molar-refractivity contribution >= 4 is 0 Å². The lowest BCUT2D eigenvalue weighted by molar-refractivity contribution is -0.161. The third-order valence-corrected chi connectivity index (χ3v) is 6.31. The fraction of sp³-hybridized carbons (Fsp3) is 0.852. The summed E-state index contributed by atoms with van der Waals surface area (Å²) in [4.78, 5) is 0. The molecule has 6 nitrogen and oxygen atoms in total. The molecular weight excluding hydrogens is 420 g/mol. The third-order valence-electron chi connectivity index (χ3n) is 6.31. The molecule has 0 N–H and O–H groups in total. The van der Waals surface area contributed by atoms with Crippen LogP contribution in [0.4, 0.5) is 0 Å². The van der Waals surface area contributed by atoms with Crippen LogP contribution in [0, 0.1) is 0 Å². The second kappa shape index (κ2) is 15.3. The molecule has 3 heterocycles. The molecule has 0 aromatic rings. The maximum Gasteiger partial charge on any atom is 0.163 e. The Morgan fingerprint density at radius 3 is 1.55 bits per heavy atom. The predicted molar refractivity (Wildman–Crippen MR) is 129 cm³/mol. The summed E-state index contributed by atoms with van der Waals surface area (Å²) in [6.45, 7) is 7.15. The van der Waals surface area contributed by atoms with E-state index in [1.54, 1.807) is 0 Å². The van der Waals surface area contributed by atoms with E-state index in [9.17, 15) is 0 Å². The Morgan fingerprint density at radius 2 is 1.12 bits per heavy atom. The van der Waals surface area contributed by atoms with Gasteiger partial charge in [0, 0.05) is 13.2 Å². The van der Waals surface area contributed by atoms with Gasteiger partial charge in [-0.2, -0.15) is 0 Å². The van der Waals surface area contributed by atoms with E-state index in [4.69, 9.17) is 28.4 Å². The zero-order valence-electron chi connectivity index (χ0n) is 20.9. The molecule has 4 atom stereocenters. The maximum absolute atomic E-state index is 6.18. The van der Waals surface area contributed by atoms with Crippen LogP contribution < -0.4 is 0 Å². The average Bonchev–Trinajstić information content (AvgIpc) is 3.12. The van der Waals surface area contributed by atoms with Crippen molar-refractivity contribution in [2.75, 3.05) is 26.4 Å². The van der Waals surface area contributed by atoms with Crippen LogP contribution in [0.1, 0.15) is 90.9 Å². The van der Waals surface area contributed by atoms with E-state index in [1.165, 1.54) is 12.8 Å². The molecule has 0 saturated carbocycles. The largest absolute Gasteiger partial charge is 0.353 e. The summed E-state index contributed by atoms with van der Waals surface area (Å²) in [6.07, 6.45) is 21.8. The van der Waals surface area contributed by atoms with Gasteiger partial charge < -0.3 is 28.4 Å². The first-order chi connectivity index (χ1) is 16.1. The van der Waals surface area contributed by atoms with E-state index in [-0.39, 0.29) is 24.8 Å². The first-order valence-electron chi connectivity index (χ1n) is 13.2. The van der Waals surface area contributed by atoms with Crippen molar-refractivity contribution in [3.8, 4) is 0 Å². The number of hydrogen-bond acceptors (Lipinski definition) is 6. The van der Waals surface area contributed by atoms with Crippen molar-refractivity contribution in [2.45, 2.75) is 121 Å². The van der Waals surface area contributed by atoms with Crippen LogP contribution in [0.5, 0.6) is 0 Å². The number of allylic oxidation sites excluding steroid dienone is 2. The molecule has 0 radical (unpaired) electrons. The Bertz CT molecular complexity index is 515. The Morgan fingerprint density at radius 1 is 0.667 bits per heavy atom. The highest BCUT2D eigenvalue weighted by Gasteiger charge is 2.40. The summed E-state index contributed by atoms with van der Waals surface area (Å²) in [6, 6.07) is 0. The van der Waals surface area contributed by atoms with Crippen molar-refractivity contribution in [2.24, 2.45) is 0 Å². The van der Waals surface area contributed by atoms with Crippen LogP contribution in [0.2, 0.25) is 0 Å². The fourth-order valence-corrected chi connectivity index (χ4v) is 4.61. The van der Waals surface area contributed by atoms with Gasteiger partial charge in [-0.15, -0.1) is 0 Å². The topological polar surface area (TPSA) is 55.4 Å². The molecule has 3 saturated heterocycles. The minimum atomic E-state index is -0.496. The van der Waals surface area contributed by atoms with Gasteiger partial charge in [0.1, 0.15) is 0 Å². The summed E-state index contributed by atoms with van der Waals surface area (Å²) >= 11 is 0. The van der Waals surface area contributed by atoms with Gasteiger partial charge in [0.15, 0.2) is 18.4 Å². The van der Waals surface area contributed by atoms with Crippen LogP contribution in [-0.4, -0.2) is 57.0 Å². The molecule has 0 aromatic heterocycles. The number of rotatable bonds is 14. The molecule has 0 bridgehead atoms. The second-order valence-electron chi connectivity index (χ2n) is 9.72. The standard InChI is InChI=1S/C27H46O6/c1-27(2)32-23(15-7-3-5-11-19-28-25-17-9-13-21-30-25)24(33-27)16-8-4-6-12-20-29-26-18-10-14-22-31-26/h3-6,23-26H,7-22H2,1-2H3/b5-3+,6-4+/t23-,24-,25?,26?/m0/s1. The molecule has 33 heavy (non-hydrogen) atoms. The lowest BCUT2D eigenvalue weighted by Crippen LogP contribution is -2.22. The summed E-state index contributed by atoms with van der Waals surface area (Å²) in [5.74, 6) is -0.496. The fourth-order valence-electron chi connectivity index (χ4n) is 4.61. The molecule has 0 spiro atoms. The zero-order valence-corrected chi connectivity index (χ0v) is 20.9. The lowest BCUT2D eigenvalue weighted by Gasteiger charge is -2.22. The highest BCUT2D eigenvalue weighted by atomic mass is 16.8. The van der Waals surface area contributed by atoms with Gasteiger partial charge in [0.25, 0.3) is 0 Å². The molecule has 190 valence electrons. The average molecular weight is 467 g/mol.